The van der Waals surface area contributed by atoms with Crippen LogP contribution < -0.4 is 15.4 Å². The van der Waals surface area contributed by atoms with Crippen LogP contribution in [0.1, 0.15) is 38.2 Å². The Balaban J connectivity index is 2.03. The standard InChI is InChI=1S/C26H27FN2O4/c1-26(2)13-19-22(20(30)14-26)21(15-9-11-16(32-3)12-10-15)23(25(31)33-4)24(28)29(19)18-8-6-5-7-17(18)27/h5-12,21H,13-14,28H2,1-4H3/t21-/m0/s1. The number of benzene rings is 2. The van der Waals surface area contributed by atoms with Crippen LogP contribution in [0.4, 0.5) is 10.1 Å². The van der Waals surface area contributed by atoms with E-state index < -0.39 is 17.7 Å². The zero-order valence-electron chi connectivity index (χ0n) is 19.1. The highest BCUT2D eigenvalue weighted by Gasteiger charge is 2.46. The highest BCUT2D eigenvalue weighted by Crippen LogP contribution is 2.50. The van der Waals surface area contributed by atoms with Gasteiger partial charge in [0, 0.05) is 17.7 Å². The summed E-state index contributed by atoms with van der Waals surface area (Å²) in [4.78, 5) is 28.1. The minimum atomic E-state index is -0.732. The molecule has 2 N–H and O–H groups in total. The van der Waals surface area contributed by atoms with Crippen LogP contribution in [-0.4, -0.2) is 26.0 Å². The van der Waals surface area contributed by atoms with E-state index in [9.17, 15) is 14.0 Å². The number of methoxy groups -OCH3 is 2. The molecule has 33 heavy (non-hydrogen) atoms. The summed E-state index contributed by atoms with van der Waals surface area (Å²) in [6.45, 7) is 3.98. The van der Waals surface area contributed by atoms with Crippen LogP contribution in [0.25, 0.3) is 0 Å². The van der Waals surface area contributed by atoms with Crippen LogP contribution in [0.2, 0.25) is 0 Å². The van der Waals surface area contributed by atoms with Crippen molar-refractivity contribution in [1.82, 2.24) is 0 Å². The molecule has 172 valence electrons. The second-order valence-corrected chi connectivity index (χ2v) is 9.08. The van der Waals surface area contributed by atoms with Crippen molar-refractivity contribution in [2.75, 3.05) is 19.1 Å². The Morgan fingerprint density at radius 1 is 1.09 bits per heavy atom. The summed E-state index contributed by atoms with van der Waals surface area (Å²) in [5.74, 6) is -1.31. The van der Waals surface area contributed by atoms with E-state index in [1.165, 1.54) is 18.1 Å². The summed E-state index contributed by atoms with van der Waals surface area (Å²) < 4.78 is 25.3. The molecule has 2 aromatic rings. The molecule has 1 atom stereocenters. The van der Waals surface area contributed by atoms with Gasteiger partial charge in [-0.15, -0.1) is 0 Å². The highest BCUT2D eigenvalue weighted by atomic mass is 19.1. The molecule has 4 rings (SSSR count). The monoisotopic (exact) mass is 450 g/mol. The number of carbonyl (C=O) groups is 2. The molecule has 0 saturated carbocycles. The first-order chi connectivity index (χ1) is 15.7. The zero-order valence-corrected chi connectivity index (χ0v) is 19.1. The SMILES string of the molecule is COC(=O)C1=C(N)N(c2ccccc2F)C2=C(C(=O)CC(C)(C)C2)[C@@H]1c1ccc(OC)cc1. The lowest BCUT2D eigenvalue weighted by Gasteiger charge is -2.44. The summed E-state index contributed by atoms with van der Waals surface area (Å²) >= 11 is 0. The molecular formula is C26H27FN2O4. The number of rotatable bonds is 4. The third-order valence-electron chi connectivity index (χ3n) is 6.21. The lowest BCUT2D eigenvalue weighted by Crippen LogP contribution is -2.44. The van der Waals surface area contributed by atoms with Gasteiger partial charge in [0.05, 0.1) is 31.4 Å². The summed E-state index contributed by atoms with van der Waals surface area (Å²) in [7, 11) is 2.82. The summed E-state index contributed by atoms with van der Waals surface area (Å²) in [5.41, 5.74) is 8.28. The van der Waals surface area contributed by atoms with E-state index in [0.29, 0.717) is 35.4 Å². The zero-order chi connectivity index (χ0) is 23.9. The third-order valence-corrected chi connectivity index (χ3v) is 6.21. The van der Waals surface area contributed by atoms with Crippen LogP contribution in [0, 0.1) is 11.2 Å². The van der Waals surface area contributed by atoms with Gasteiger partial charge in [-0.2, -0.15) is 0 Å². The Morgan fingerprint density at radius 2 is 1.76 bits per heavy atom. The van der Waals surface area contributed by atoms with E-state index in [1.54, 1.807) is 49.6 Å². The van der Waals surface area contributed by atoms with Gasteiger partial charge < -0.3 is 15.2 Å². The van der Waals surface area contributed by atoms with Gasteiger partial charge in [0.2, 0.25) is 0 Å². The first-order valence-electron chi connectivity index (χ1n) is 10.7. The molecule has 0 radical (unpaired) electrons. The van der Waals surface area contributed by atoms with E-state index in [1.807, 2.05) is 13.8 Å². The quantitative estimate of drug-likeness (QED) is 0.695. The molecule has 0 aromatic heterocycles. The van der Waals surface area contributed by atoms with Crippen LogP contribution in [0.15, 0.2) is 71.2 Å². The fourth-order valence-corrected chi connectivity index (χ4v) is 4.76. The molecule has 0 saturated heterocycles. The summed E-state index contributed by atoms with van der Waals surface area (Å²) in [6.07, 6.45) is 0.794. The lowest BCUT2D eigenvalue weighted by atomic mass is 9.68. The van der Waals surface area contributed by atoms with Crippen LogP contribution in [-0.2, 0) is 14.3 Å². The number of hydrogen-bond acceptors (Lipinski definition) is 6. The van der Waals surface area contributed by atoms with Gasteiger partial charge in [-0.05, 0) is 41.7 Å². The first-order valence-corrected chi connectivity index (χ1v) is 10.7. The van der Waals surface area contributed by atoms with Crippen LogP contribution in [0.3, 0.4) is 0 Å². The fourth-order valence-electron chi connectivity index (χ4n) is 4.76. The number of halogens is 1. The molecule has 0 spiro atoms. The molecule has 2 aromatic carbocycles. The van der Waals surface area contributed by atoms with Gasteiger partial charge in [0.1, 0.15) is 17.4 Å². The maximum atomic E-state index is 15.0. The fraction of sp³-hybridized carbons (Fsp3) is 0.308. The second kappa shape index (κ2) is 8.39. The Morgan fingerprint density at radius 3 is 2.36 bits per heavy atom. The van der Waals surface area contributed by atoms with Gasteiger partial charge in [0.25, 0.3) is 0 Å². The summed E-state index contributed by atoms with van der Waals surface area (Å²) in [6, 6.07) is 13.3. The van der Waals surface area contributed by atoms with Gasteiger partial charge in [0.15, 0.2) is 5.78 Å². The molecular weight excluding hydrogens is 423 g/mol. The van der Waals surface area contributed by atoms with E-state index in [4.69, 9.17) is 15.2 Å². The molecule has 0 bridgehead atoms. The number of anilines is 1. The molecule has 7 heteroatoms. The molecule has 2 aliphatic rings. The van der Waals surface area contributed by atoms with Crippen molar-refractivity contribution >= 4 is 17.4 Å². The minimum Gasteiger partial charge on any atom is -0.497 e. The molecule has 1 aliphatic heterocycles. The number of ether oxygens (including phenoxy) is 2. The number of Topliss-reactive ketones (excluding diaryl/α,β-unsaturated/α-hetero) is 1. The second-order valence-electron chi connectivity index (χ2n) is 9.08. The molecule has 1 aliphatic carbocycles. The van der Waals surface area contributed by atoms with Crippen molar-refractivity contribution in [2.24, 2.45) is 11.1 Å². The highest BCUT2D eigenvalue weighted by molar-refractivity contribution is 6.05. The van der Waals surface area contributed by atoms with Crippen molar-refractivity contribution in [1.29, 1.82) is 0 Å². The Hall–Kier alpha value is -3.61. The van der Waals surface area contributed by atoms with Crippen molar-refractivity contribution < 1.29 is 23.5 Å². The number of ketones is 1. The van der Waals surface area contributed by atoms with Crippen molar-refractivity contribution in [3.8, 4) is 5.75 Å². The number of para-hydroxylation sites is 1. The average molecular weight is 451 g/mol. The van der Waals surface area contributed by atoms with Crippen molar-refractivity contribution in [2.45, 2.75) is 32.6 Å². The van der Waals surface area contributed by atoms with Crippen LogP contribution >= 0.6 is 0 Å². The summed E-state index contributed by atoms with van der Waals surface area (Å²) in [5, 5.41) is 0. The Labute approximate surface area is 192 Å². The lowest BCUT2D eigenvalue weighted by molar-refractivity contribution is -0.136. The predicted molar refractivity (Wildman–Crippen MR) is 123 cm³/mol. The number of carbonyl (C=O) groups excluding carboxylic acids is 2. The smallest absolute Gasteiger partial charge is 0.338 e. The molecule has 0 unspecified atom stereocenters. The minimum absolute atomic E-state index is 0.0528. The Bertz CT molecular complexity index is 1180. The molecule has 0 amide bonds. The normalized spacial score (nSPS) is 20.0. The molecule has 0 fully saturated rings. The van der Waals surface area contributed by atoms with Crippen LogP contribution in [0.5, 0.6) is 5.75 Å². The number of esters is 1. The number of nitrogens with zero attached hydrogens (tertiary/aromatic N) is 1. The average Bonchev–Trinajstić information content (AvgIpc) is 2.78. The third kappa shape index (κ3) is 3.88. The van der Waals surface area contributed by atoms with Crippen molar-refractivity contribution in [3.05, 3.63) is 82.6 Å². The van der Waals surface area contributed by atoms with E-state index in [2.05, 4.69) is 0 Å². The topological polar surface area (TPSA) is 81.9 Å². The van der Waals surface area contributed by atoms with Gasteiger partial charge in [-0.3, -0.25) is 9.69 Å². The van der Waals surface area contributed by atoms with Crippen molar-refractivity contribution in [3.63, 3.8) is 0 Å². The van der Waals surface area contributed by atoms with Gasteiger partial charge in [-0.1, -0.05) is 38.1 Å². The van der Waals surface area contributed by atoms with E-state index in [0.717, 1.165) is 0 Å². The number of allylic oxidation sites excluding steroid dienone is 2. The maximum absolute atomic E-state index is 15.0. The Kier molecular flexibility index (Phi) is 5.74. The first kappa shape index (κ1) is 22.6. The van der Waals surface area contributed by atoms with E-state index >= 15 is 0 Å². The van der Waals surface area contributed by atoms with Gasteiger partial charge >= 0.3 is 5.97 Å². The largest absolute Gasteiger partial charge is 0.497 e. The molecule has 6 nitrogen and oxygen atoms in total. The molecule has 1 heterocycles. The predicted octanol–water partition coefficient (Wildman–Crippen LogP) is 4.42. The van der Waals surface area contributed by atoms with Gasteiger partial charge in [-0.25, -0.2) is 9.18 Å². The maximum Gasteiger partial charge on any atom is 0.338 e. The number of nitrogens with two attached hydrogens (primary N) is 1. The number of hydrogen-bond donors (Lipinski definition) is 1. The van der Waals surface area contributed by atoms with E-state index in [-0.39, 0.29) is 28.3 Å².